The van der Waals surface area contributed by atoms with E-state index in [1.807, 2.05) is 17.0 Å². The lowest BCUT2D eigenvalue weighted by atomic mass is 9.97. The summed E-state index contributed by atoms with van der Waals surface area (Å²) in [5.74, 6) is 0.693. The molecule has 1 heterocycles. The van der Waals surface area contributed by atoms with E-state index >= 15 is 0 Å². The third kappa shape index (κ3) is 4.07. The summed E-state index contributed by atoms with van der Waals surface area (Å²) in [6.45, 7) is 2.18. The molecule has 1 aromatic rings. The second-order valence-corrected chi connectivity index (χ2v) is 6.68. The molecule has 3 rings (SSSR count). The third-order valence-corrected chi connectivity index (χ3v) is 5.09. The molecule has 1 aliphatic heterocycles. The fourth-order valence-corrected chi connectivity index (χ4v) is 3.59. The van der Waals surface area contributed by atoms with E-state index in [1.54, 1.807) is 24.1 Å². The molecule has 2 fully saturated rings. The second-order valence-electron chi connectivity index (χ2n) is 6.68. The molecule has 1 aliphatic carbocycles. The normalized spacial score (nSPS) is 19.3. The number of nitrogens with two attached hydrogens (primary N) is 1. The van der Waals surface area contributed by atoms with Crippen LogP contribution in [0.5, 0.6) is 5.75 Å². The van der Waals surface area contributed by atoms with Gasteiger partial charge >= 0.3 is 0 Å². The number of carbonyl (C=O) groups excluding carboxylic acids is 2. The van der Waals surface area contributed by atoms with Crippen LogP contribution in [0.25, 0.3) is 0 Å². The minimum absolute atomic E-state index is 0. The molecule has 6 nitrogen and oxygen atoms in total. The summed E-state index contributed by atoms with van der Waals surface area (Å²) in [5, 5.41) is 0. The number of hydrogen-bond acceptors (Lipinski definition) is 4. The van der Waals surface area contributed by atoms with Crippen LogP contribution in [0.2, 0.25) is 0 Å². The molecule has 1 saturated heterocycles. The highest BCUT2D eigenvalue weighted by atomic mass is 35.5. The lowest BCUT2D eigenvalue weighted by Gasteiger charge is -2.38. The van der Waals surface area contributed by atoms with Crippen LogP contribution in [0, 0.1) is 0 Å². The molecule has 138 valence electrons. The number of rotatable bonds is 3. The molecule has 0 atom stereocenters. The Hall–Kier alpha value is -1.79. The quantitative estimate of drug-likeness (QED) is 0.881. The Labute approximate surface area is 154 Å². The standard InChI is InChI=1S/C18H25N3O3.ClH/c1-24-15-6-4-5-14(13-15)16(22)20-9-11-21(12-10-20)17(23)18(19)7-2-3-8-18;/h4-6,13H,2-3,7-12,19H2,1H3;1H. The van der Waals surface area contributed by atoms with Gasteiger partial charge in [-0.15, -0.1) is 12.4 Å². The summed E-state index contributed by atoms with van der Waals surface area (Å²) in [4.78, 5) is 28.8. The molecule has 0 spiro atoms. The van der Waals surface area contributed by atoms with E-state index in [2.05, 4.69) is 0 Å². The summed E-state index contributed by atoms with van der Waals surface area (Å²) >= 11 is 0. The lowest BCUT2D eigenvalue weighted by molar-refractivity contribution is -0.138. The third-order valence-electron chi connectivity index (χ3n) is 5.09. The number of piperazine rings is 1. The van der Waals surface area contributed by atoms with Gasteiger partial charge in [-0.05, 0) is 31.0 Å². The van der Waals surface area contributed by atoms with Gasteiger partial charge in [0.15, 0.2) is 0 Å². The van der Waals surface area contributed by atoms with Crippen LogP contribution < -0.4 is 10.5 Å². The number of methoxy groups -OCH3 is 1. The molecule has 0 aromatic heterocycles. The summed E-state index contributed by atoms with van der Waals surface area (Å²) < 4.78 is 5.17. The minimum atomic E-state index is -0.682. The summed E-state index contributed by atoms with van der Waals surface area (Å²) in [6, 6.07) is 7.16. The monoisotopic (exact) mass is 367 g/mol. The smallest absolute Gasteiger partial charge is 0.254 e. The average Bonchev–Trinajstić information content (AvgIpc) is 3.08. The van der Waals surface area contributed by atoms with Crippen molar-refractivity contribution in [2.45, 2.75) is 31.2 Å². The molecule has 0 radical (unpaired) electrons. The molecule has 2 N–H and O–H groups in total. The van der Waals surface area contributed by atoms with Gasteiger partial charge in [0.05, 0.1) is 12.6 Å². The first kappa shape index (κ1) is 19.5. The first-order chi connectivity index (χ1) is 11.5. The fraction of sp³-hybridized carbons (Fsp3) is 0.556. The summed E-state index contributed by atoms with van der Waals surface area (Å²) in [6.07, 6.45) is 3.59. The van der Waals surface area contributed by atoms with Gasteiger partial charge in [-0.3, -0.25) is 9.59 Å². The Morgan fingerprint density at radius 2 is 1.68 bits per heavy atom. The Bertz CT molecular complexity index is 624. The van der Waals surface area contributed by atoms with E-state index in [4.69, 9.17) is 10.5 Å². The maximum Gasteiger partial charge on any atom is 0.254 e. The minimum Gasteiger partial charge on any atom is -0.497 e. The molecule has 0 unspecified atom stereocenters. The van der Waals surface area contributed by atoms with Crippen LogP contribution >= 0.6 is 12.4 Å². The summed E-state index contributed by atoms with van der Waals surface area (Å²) in [7, 11) is 1.58. The van der Waals surface area contributed by atoms with Crippen molar-refractivity contribution in [2.24, 2.45) is 5.73 Å². The maximum absolute atomic E-state index is 12.6. The van der Waals surface area contributed by atoms with Crippen LogP contribution in [0.15, 0.2) is 24.3 Å². The van der Waals surface area contributed by atoms with Crippen molar-refractivity contribution >= 4 is 24.2 Å². The maximum atomic E-state index is 12.6. The van der Waals surface area contributed by atoms with E-state index in [0.29, 0.717) is 37.5 Å². The molecule has 7 heteroatoms. The van der Waals surface area contributed by atoms with Gasteiger partial charge in [-0.1, -0.05) is 18.9 Å². The van der Waals surface area contributed by atoms with Gasteiger partial charge in [-0.25, -0.2) is 0 Å². The Kier molecular flexibility index (Phi) is 6.30. The molecule has 0 bridgehead atoms. The number of hydrogen-bond donors (Lipinski definition) is 1. The van der Waals surface area contributed by atoms with Gasteiger partial charge in [0, 0.05) is 31.7 Å². The largest absolute Gasteiger partial charge is 0.497 e. The Morgan fingerprint density at radius 3 is 2.28 bits per heavy atom. The van der Waals surface area contributed by atoms with E-state index in [1.165, 1.54) is 0 Å². The predicted octanol–water partition coefficient (Wildman–Crippen LogP) is 1.67. The molecule has 25 heavy (non-hydrogen) atoms. The highest BCUT2D eigenvalue weighted by Crippen LogP contribution is 2.29. The highest BCUT2D eigenvalue weighted by molar-refractivity contribution is 5.95. The number of carbonyl (C=O) groups is 2. The van der Waals surface area contributed by atoms with Crippen LogP contribution in [-0.4, -0.2) is 60.4 Å². The van der Waals surface area contributed by atoms with Crippen LogP contribution in [0.4, 0.5) is 0 Å². The van der Waals surface area contributed by atoms with Crippen molar-refractivity contribution in [3.05, 3.63) is 29.8 Å². The number of halogens is 1. The Balaban J connectivity index is 0.00000225. The number of amides is 2. The zero-order valence-corrected chi connectivity index (χ0v) is 15.4. The van der Waals surface area contributed by atoms with E-state index in [0.717, 1.165) is 25.7 Å². The molecule has 2 aliphatic rings. The lowest BCUT2D eigenvalue weighted by Crippen LogP contribution is -2.59. The van der Waals surface area contributed by atoms with Crippen molar-refractivity contribution in [3.8, 4) is 5.75 Å². The fourth-order valence-electron chi connectivity index (χ4n) is 3.59. The molecular formula is C18H26ClN3O3. The van der Waals surface area contributed by atoms with Crippen molar-refractivity contribution in [3.63, 3.8) is 0 Å². The van der Waals surface area contributed by atoms with E-state index in [-0.39, 0.29) is 24.2 Å². The molecular weight excluding hydrogens is 342 g/mol. The highest BCUT2D eigenvalue weighted by Gasteiger charge is 2.40. The van der Waals surface area contributed by atoms with Crippen LogP contribution in [0.3, 0.4) is 0 Å². The van der Waals surface area contributed by atoms with Gasteiger partial charge in [0.1, 0.15) is 5.75 Å². The van der Waals surface area contributed by atoms with Crippen LogP contribution in [-0.2, 0) is 4.79 Å². The van der Waals surface area contributed by atoms with Gasteiger partial charge in [0.2, 0.25) is 5.91 Å². The number of nitrogens with zero attached hydrogens (tertiary/aromatic N) is 2. The molecule has 1 saturated carbocycles. The number of benzene rings is 1. The summed E-state index contributed by atoms with van der Waals surface area (Å²) in [5.41, 5.74) is 6.19. The zero-order valence-electron chi connectivity index (χ0n) is 14.6. The van der Waals surface area contributed by atoms with Crippen LogP contribution in [0.1, 0.15) is 36.0 Å². The SMILES string of the molecule is COc1cccc(C(=O)N2CCN(C(=O)C3(N)CCCC3)CC2)c1.Cl. The van der Waals surface area contributed by atoms with Crippen molar-refractivity contribution < 1.29 is 14.3 Å². The molecule has 1 aromatic carbocycles. The van der Waals surface area contributed by atoms with E-state index in [9.17, 15) is 9.59 Å². The van der Waals surface area contributed by atoms with Gasteiger partial charge < -0.3 is 20.3 Å². The average molecular weight is 368 g/mol. The van der Waals surface area contributed by atoms with Gasteiger partial charge in [0.25, 0.3) is 5.91 Å². The van der Waals surface area contributed by atoms with E-state index < -0.39 is 5.54 Å². The predicted molar refractivity (Wildman–Crippen MR) is 98.1 cm³/mol. The Morgan fingerprint density at radius 1 is 1.08 bits per heavy atom. The zero-order chi connectivity index (χ0) is 17.2. The van der Waals surface area contributed by atoms with Gasteiger partial charge in [-0.2, -0.15) is 0 Å². The number of ether oxygens (including phenoxy) is 1. The second kappa shape index (κ2) is 8.06. The first-order valence-corrected chi connectivity index (χ1v) is 8.55. The first-order valence-electron chi connectivity index (χ1n) is 8.55. The van der Waals surface area contributed by atoms with Crippen molar-refractivity contribution in [2.75, 3.05) is 33.3 Å². The molecule has 2 amide bonds. The van der Waals surface area contributed by atoms with Crippen molar-refractivity contribution in [1.82, 2.24) is 9.80 Å². The van der Waals surface area contributed by atoms with Crippen molar-refractivity contribution in [1.29, 1.82) is 0 Å². The topological polar surface area (TPSA) is 75.9 Å².